The van der Waals surface area contributed by atoms with E-state index in [1.54, 1.807) is 24.3 Å². The summed E-state index contributed by atoms with van der Waals surface area (Å²) in [5.74, 6) is -0.405. The second-order valence-corrected chi connectivity index (χ2v) is 10.3. The van der Waals surface area contributed by atoms with Gasteiger partial charge in [-0.3, -0.25) is 9.10 Å². The minimum Gasteiger partial charge on any atom is -0.348 e. The van der Waals surface area contributed by atoms with E-state index < -0.39 is 22.5 Å². The highest BCUT2D eigenvalue weighted by molar-refractivity contribution is 7.92. The first kappa shape index (κ1) is 22.6. The predicted octanol–water partition coefficient (Wildman–Crippen LogP) is 5.38. The maximum absolute atomic E-state index is 13.5. The molecule has 166 valence electrons. The van der Waals surface area contributed by atoms with Crippen LogP contribution in [0.5, 0.6) is 0 Å². The molecule has 0 aliphatic heterocycles. The Morgan fingerprint density at radius 2 is 1.72 bits per heavy atom. The summed E-state index contributed by atoms with van der Waals surface area (Å²) in [6, 6.07) is 20.3. The zero-order chi connectivity index (χ0) is 22.7. The fourth-order valence-corrected chi connectivity index (χ4v) is 6.00. The maximum Gasteiger partial charge on any atom is 0.264 e. The van der Waals surface area contributed by atoms with E-state index in [0.717, 1.165) is 29.1 Å². The van der Waals surface area contributed by atoms with Crippen molar-refractivity contribution in [2.45, 2.75) is 30.2 Å². The molecule has 1 aliphatic carbocycles. The van der Waals surface area contributed by atoms with Gasteiger partial charge in [0.15, 0.2) is 0 Å². The number of benzene rings is 3. The Bertz CT molecular complexity index is 1230. The number of carbonyl (C=O) groups excluding carboxylic acids is 1. The average Bonchev–Trinajstić information content (AvgIpc) is 2.79. The highest BCUT2D eigenvalue weighted by atomic mass is 35.5. The number of halogens is 2. The molecule has 0 bridgehead atoms. The van der Waals surface area contributed by atoms with Crippen molar-refractivity contribution >= 4 is 44.8 Å². The van der Waals surface area contributed by atoms with Gasteiger partial charge in [-0.05, 0) is 60.7 Å². The molecule has 3 aromatic carbocycles. The molecule has 32 heavy (non-hydrogen) atoms. The van der Waals surface area contributed by atoms with E-state index >= 15 is 0 Å². The van der Waals surface area contributed by atoms with Crippen molar-refractivity contribution in [3.05, 3.63) is 94.0 Å². The van der Waals surface area contributed by atoms with Crippen LogP contribution >= 0.6 is 23.2 Å². The maximum atomic E-state index is 13.5. The monoisotopic (exact) mass is 488 g/mol. The van der Waals surface area contributed by atoms with E-state index in [1.807, 2.05) is 18.2 Å². The second-order valence-electron chi connectivity index (χ2n) is 7.63. The third kappa shape index (κ3) is 4.77. The standard InChI is InChI=1S/C24H22Cl2N2O3S/c25-18-13-14-23(21(26)15-18)28(32(30,31)19-9-2-1-3-10-19)16-24(29)27-22-12-6-8-17-7-4-5-11-20(17)22/h1-5,7,9-11,13-15,22H,6,8,12,16H2,(H,27,29)/t22-/m1/s1. The smallest absolute Gasteiger partial charge is 0.264 e. The van der Waals surface area contributed by atoms with E-state index in [0.29, 0.717) is 5.02 Å². The highest BCUT2D eigenvalue weighted by Crippen LogP contribution is 2.33. The van der Waals surface area contributed by atoms with Crippen molar-refractivity contribution in [2.75, 3.05) is 10.8 Å². The molecule has 3 aromatic rings. The Balaban J connectivity index is 1.65. The largest absolute Gasteiger partial charge is 0.348 e. The molecule has 0 spiro atoms. The van der Waals surface area contributed by atoms with Crippen LogP contribution in [-0.2, 0) is 21.2 Å². The van der Waals surface area contributed by atoms with Gasteiger partial charge in [-0.2, -0.15) is 0 Å². The van der Waals surface area contributed by atoms with Gasteiger partial charge < -0.3 is 5.32 Å². The summed E-state index contributed by atoms with van der Waals surface area (Å²) in [5.41, 5.74) is 2.48. The zero-order valence-corrected chi connectivity index (χ0v) is 19.5. The third-order valence-corrected chi connectivity index (χ3v) is 7.81. The predicted molar refractivity (Wildman–Crippen MR) is 128 cm³/mol. The van der Waals surface area contributed by atoms with Gasteiger partial charge in [-0.25, -0.2) is 8.42 Å². The molecule has 1 atom stereocenters. The Morgan fingerprint density at radius 1 is 1.00 bits per heavy atom. The number of hydrogen-bond acceptors (Lipinski definition) is 3. The minimum absolute atomic E-state index is 0.0711. The van der Waals surface area contributed by atoms with Gasteiger partial charge in [0.2, 0.25) is 5.91 Å². The van der Waals surface area contributed by atoms with Gasteiger partial charge in [0.25, 0.3) is 10.0 Å². The molecule has 0 saturated carbocycles. The van der Waals surface area contributed by atoms with Gasteiger partial charge in [-0.1, -0.05) is 65.7 Å². The lowest BCUT2D eigenvalue weighted by molar-refractivity contribution is -0.120. The van der Waals surface area contributed by atoms with Crippen molar-refractivity contribution in [1.29, 1.82) is 0 Å². The van der Waals surface area contributed by atoms with Crippen molar-refractivity contribution < 1.29 is 13.2 Å². The quantitative estimate of drug-likeness (QED) is 0.506. The molecule has 0 aromatic heterocycles. The van der Waals surface area contributed by atoms with Crippen molar-refractivity contribution in [2.24, 2.45) is 0 Å². The average molecular weight is 489 g/mol. The lowest BCUT2D eigenvalue weighted by Gasteiger charge is -2.29. The van der Waals surface area contributed by atoms with Crippen LogP contribution in [0.4, 0.5) is 5.69 Å². The Kier molecular flexibility index (Phi) is 6.74. The van der Waals surface area contributed by atoms with Gasteiger partial charge in [0, 0.05) is 5.02 Å². The number of nitrogens with zero attached hydrogens (tertiary/aromatic N) is 1. The third-order valence-electron chi connectivity index (χ3n) is 5.50. The number of amides is 1. The zero-order valence-electron chi connectivity index (χ0n) is 17.2. The van der Waals surface area contributed by atoms with Crippen molar-refractivity contribution in [3.63, 3.8) is 0 Å². The number of fused-ring (bicyclic) bond motifs is 1. The molecule has 4 rings (SSSR count). The molecular weight excluding hydrogens is 467 g/mol. The fraction of sp³-hybridized carbons (Fsp3) is 0.208. The topological polar surface area (TPSA) is 66.5 Å². The number of sulfonamides is 1. The SMILES string of the molecule is O=C(CN(c1ccc(Cl)cc1Cl)S(=O)(=O)c1ccccc1)N[C@@H]1CCCc2ccccc21. The summed E-state index contributed by atoms with van der Waals surface area (Å²) in [4.78, 5) is 13.1. The first-order chi connectivity index (χ1) is 15.4. The number of aryl methyl sites for hydroxylation is 1. The van der Waals surface area contributed by atoms with Crippen LogP contribution < -0.4 is 9.62 Å². The molecule has 0 saturated heterocycles. The molecule has 8 heteroatoms. The first-order valence-electron chi connectivity index (χ1n) is 10.3. The normalized spacial score (nSPS) is 15.6. The van der Waals surface area contributed by atoms with E-state index in [2.05, 4.69) is 11.4 Å². The van der Waals surface area contributed by atoms with Crippen LogP contribution in [0.15, 0.2) is 77.7 Å². The summed E-state index contributed by atoms with van der Waals surface area (Å²) < 4.78 is 27.9. The molecule has 0 heterocycles. The van der Waals surface area contributed by atoms with E-state index in [4.69, 9.17) is 23.2 Å². The number of rotatable bonds is 6. The van der Waals surface area contributed by atoms with Crippen LogP contribution in [0.3, 0.4) is 0 Å². The summed E-state index contributed by atoms with van der Waals surface area (Å²) >= 11 is 12.3. The van der Waals surface area contributed by atoms with Gasteiger partial charge in [0.1, 0.15) is 6.54 Å². The van der Waals surface area contributed by atoms with Crippen LogP contribution in [0, 0.1) is 0 Å². The Hall–Kier alpha value is -2.54. The summed E-state index contributed by atoms with van der Waals surface area (Å²) in [5, 5.41) is 3.54. The molecule has 1 N–H and O–H groups in total. The lowest BCUT2D eigenvalue weighted by atomic mass is 9.88. The summed E-state index contributed by atoms with van der Waals surface area (Å²) in [7, 11) is -4.04. The van der Waals surface area contributed by atoms with Crippen LogP contribution in [-0.4, -0.2) is 20.9 Å². The van der Waals surface area contributed by atoms with Gasteiger partial charge in [-0.15, -0.1) is 0 Å². The molecule has 1 amide bonds. The number of carbonyl (C=O) groups is 1. The minimum atomic E-state index is -4.04. The second kappa shape index (κ2) is 9.53. The molecule has 1 aliphatic rings. The summed E-state index contributed by atoms with van der Waals surface area (Å²) in [6.07, 6.45) is 2.73. The number of nitrogens with one attached hydrogen (secondary N) is 1. The molecule has 5 nitrogen and oxygen atoms in total. The van der Waals surface area contributed by atoms with Crippen LogP contribution in [0.25, 0.3) is 0 Å². The Morgan fingerprint density at radius 3 is 2.47 bits per heavy atom. The van der Waals surface area contributed by atoms with Crippen molar-refractivity contribution in [3.8, 4) is 0 Å². The molecule has 0 fully saturated rings. The number of hydrogen-bond donors (Lipinski definition) is 1. The van der Waals surface area contributed by atoms with E-state index in [-0.39, 0.29) is 21.6 Å². The number of anilines is 1. The highest BCUT2D eigenvalue weighted by Gasteiger charge is 2.30. The Labute approximate surface area is 198 Å². The van der Waals surface area contributed by atoms with Gasteiger partial charge >= 0.3 is 0 Å². The fourth-order valence-electron chi connectivity index (χ4n) is 3.98. The molecule has 0 unspecified atom stereocenters. The van der Waals surface area contributed by atoms with Crippen LogP contribution in [0.2, 0.25) is 10.0 Å². The molecule has 0 radical (unpaired) electrons. The molecular formula is C24H22Cl2N2O3S. The van der Waals surface area contributed by atoms with Crippen molar-refractivity contribution in [1.82, 2.24) is 5.32 Å². The van der Waals surface area contributed by atoms with E-state index in [1.165, 1.54) is 29.8 Å². The first-order valence-corrected chi connectivity index (χ1v) is 12.5. The van der Waals surface area contributed by atoms with Crippen LogP contribution in [0.1, 0.15) is 30.0 Å². The summed E-state index contributed by atoms with van der Waals surface area (Å²) in [6.45, 7) is -0.406. The van der Waals surface area contributed by atoms with Gasteiger partial charge in [0.05, 0.1) is 21.6 Å². The lowest BCUT2D eigenvalue weighted by Crippen LogP contribution is -2.42. The van der Waals surface area contributed by atoms with E-state index in [9.17, 15) is 13.2 Å².